The molecule has 19 N–H and O–H groups in total. The Morgan fingerprint density at radius 2 is 1.41 bits per heavy atom. The molecule has 5 heterocycles. The number of halogens is 1. The number of aliphatic carboxylic acids is 3. The minimum Gasteiger partial charge on any atom is -0.507 e. The van der Waals surface area contributed by atoms with Crippen LogP contribution in [0.3, 0.4) is 0 Å². The van der Waals surface area contributed by atoms with Gasteiger partial charge in [-0.15, -0.1) is 11.6 Å². The number of carboxylic acid groups (broad SMARTS) is 3. The fourth-order valence-electron chi connectivity index (χ4n) is 11.4. The van der Waals surface area contributed by atoms with Crippen molar-refractivity contribution in [2.24, 2.45) is 5.73 Å². The van der Waals surface area contributed by atoms with E-state index in [1.165, 1.54) is 30.5 Å². The summed E-state index contributed by atoms with van der Waals surface area (Å²) in [5, 5.41) is 68.7. The number of carboxylic acids is 3. The monoisotopic (exact) mass is 1450 g/mol. The van der Waals surface area contributed by atoms with Crippen LogP contribution in [0.1, 0.15) is 92.6 Å². The Morgan fingerprint density at radius 1 is 0.725 bits per heavy atom. The van der Waals surface area contributed by atoms with Gasteiger partial charge < -0.3 is 84.0 Å². The molecule has 0 radical (unpaired) electrons. The first-order valence-electron chi connectivity index (χ1n) is 31.6. The second kappa shape index (κ2) is 32.9. The second-order valence-electron chi connectivity index (χ2n) is 23.7. The van der Waals surface area contributed by atoms with Crippen LogP contribution in [0.25, 0.3) is 43.7 Å². The van der Waals surface area contributed by atoms with Crippen LogP contribution in [0.5, 0.6) is 5.75 Å². The number of carbonyl (C=O) groups is 10. The molecular formula is C67H68ClN17O15S2. The van der Waals surface area contributed by atoms with Crippen LogP contribution >= 0.6 is 33.2 Å². The number of Topliss-reactive ketones (excluding diaryl/α,β-unsaturated/α-hetero) is 1. The topological polar surface area (TPSA) is 518 Å². The maximum Gasteiger partial charge on any atom is 0.327 e. The molecule has 2 unspecified atom stereocenters. The number of ketones is 1. The number of rotatable bonds is 33. The van der Waals surface area contributed by atoms with Crippen LogP contribution in [0.4, 0.5) is 23.0 Å². The van der Waals surface area contributed by atoms with Crippen LogP contribution in [-0.2, 0) is 46.5 Å². The summed E-state index contributed by atoms with van der Waals surface area (Å²) in [7, 11) is 2.10. The third-order valence-corrected chi connectivity index (χ3v) is 19.2. The zero-order valence-corrected chi connectivity index (χ0v) is 56.3. The van der Waals surface area contributed by atoms with Gasteiger partial charge in [0.15, 0.2) is 22.9 Å². The number of alkyl halides is 1. The van der Waals surface area contributed by atoms with Crippen molar-refractivity contribution in [2.75, 3.05) is 51.7 Å². The van der Waals surface area contributed by atoms with E-state index in [0.717, 1.165) is 37.9 Å². The number of hydrogen-bond acceptors (Lipinski definition) is 20. The number of H-pyrrole nitrogens is 3. The maximum absolute atomic E-state index is 14.1. The van der Waals surface area contributed by atoms with E-state index in [2.05, 4.69) is 67.1 Å². The SMILES string of the molecule is N=C(N)NCCC[C@@H](NC(=O)CC[C@@H](NC(=O)c1ccc(NCc2cnc3nc(N)[nH]c(=O)c3n2)cc1)C(=O)O)C(=O)N[C@H](CC(=O)O)C(=O)NC(CSSCCC(=O)Nc1ccc2[nH]c(C(=O)Cc3ccc4[nH]c(C(=O)N5CC(CCl)c6c5cc(O)c5ccccc65)cc4c3)cc2c1)C(=O)O. The molecule has 0 aliphatic carbocycles. The van der Waals surface area contributed by atoms with Crippen LogP contribution in [0.2, 0.25) is 0 Å². The molecule has 0 spiro atoms. The molecule has 6 amide bonds. The number of guanidine groups is 1. The third kappa shape index (κ3) is 18.4. The van der Waals surface area contributed by atoms with Crippen LogP contribution in [0, 0.1) is 5.41 Å². The van der Waals surface area contributed by atoms with E-state index in [-0.39, 0.29) is 102 Å². The maximum atomic E-state index is 14.1. The van der Waals surface area contributed by atoms with Gasteiger partial charge in [-0.3, -0.25) is 53.5 Å². The van der Waals surface area contributed by atoms with Crippen molar-refractivity contribution in [1.82, 2.24) is 56.5 Å². The number of nitrogens with one attached hydrogen (secondary N) is 11. The predicted octanol–water partition coefficient (Wildman–Crippen LogP) is 4.79. The van der Waals surface area contributed by atoms with E-state index in [1.807, 2.05) is 30.3 Å². The molecular weight excluding hydrogens is 1380 g/mol. The van der Waals surface area contributed by atoms with E-state index < -0.39 is 102 Å². The van der Waals surface area contributed by atoms with Gasteiger partial charge in [0.1, 0.15) is 35.6 Å². The molecule has 530 valence electrons. The molecule has 5 aromatic carbocycles. The molecule has 9 aromatic rings. The molecule has 5 atom stereocenters. The molecule has 0 fully saturated rings. The average Bonchev–Trinajstić information content (AvgIpc) is 1.58. The zero-order chi connectivity index (χ0) is 72.9. The number of benzene rings is 5. The molecule has 4 aromatic heterocycles. The van der Waals surface area contributed by atoms with Gasteiger partial charge in [0.25, 0.3) is 17.4 Å². The lowest BCUT2D eigenvalue weighted by Crippen LogP contribution is -2.56. The number of aromatic amines is 3. The normalized spacial score (nSPS) is 13.7. The Morgan fingerprint density at radius 3 is 2.14 bits per heavy atom. The number of amides is 6. The number of anilines is 4. The van der Waals surface area contributed by atoms with Crippen molar-refractivity contribution >= 4 is 165 Å². The van der Waals surface area contributed by atoms with Crippen LogP contribution < -0.4 is 59.1 Å². The molecule has 0 saturated carbocycles. The summed E-state index contributed by atoms with van der Waals surface area (Å²) in [6, 6.07) is 22.2. The fraction of sp³-hybridized carbons (Fsp3) is 0.269. The van der Waals surface area contributed by atoms with Gasteiger partial charge in [-0.1, -0.05) is 51.9 Å². The highest BCUT2D eigenvalue weighted by Crippen LogP contribution is 2.46. The summed E-state index contributed by atoms with van der Waals surface area (Å²) >= 11 is 6.42. The van der Waals surface area contributed by atoms with E-state index in [1.54, 1.807) is 53.4 Å². The minimum absolute atomic E-state index is 0.0212. The lowest BCUT2D eigenvalue weighted by Gasteiger charge is -2.24. The number of carbonyl (C=O) groups excluding carboxylic acids is 7. The van der Waals surface area contributed by atoms with E-state index in [9.17, 15) is 73.2 Å². The highest BCUT2D eigenvalue weighted by atomic mass is 35.5. The summed E-state index contributed by atoms with van der Waals surface area (Å²) in [6.07, 6.45) is -0.784. The van der Waals surface area contributed by atoms with Crippen molar-refractivity contribution in [3.63, 3.8) is 0 Å². The number of phenols is 1. The van der Waals surface area contributed by atoms with Crippen molar-refractivity contribution < 1.29 is 68.4 Å². The molecule has 10 rings (SSSR count). The number of nitrogens with two attached hydrogens (primary N) is 2. The predicted molar refractivity (Wildman–Crippen MR) is 383 cm³/mol. The highest BCUT2D eigenvalue weighted by molar-refractivity contribution is 8.76. The number of nitrogens with zero attached hydrogens (tertiary/aromatic N) is 4. The van der Waals surface area contributed by atoms with E-state index in [4.69, 9.17) is 28.5 Å². The largest absolute Gasteiger partial charge is 0.507 e. The second-order valence-corrected chi connectivity index (χ2v) is 26.7. The number of phenolic OH excluding ortho intramolecular Hbond substituents is 1. The number of fused-ring (bicyclic) bond motifs is 6. The smallest absolute Gasteiger partial charge is 0.327 e. The van der Waals surface area contributed by atoms with Gasteiger partial charge >= 0.3 is 17.9 Å². The van der Waals surface area contributed by atoms with Crippen molar-refractivity contribution in [3.8, 4) is 5.75 Å². The van der Waals surface area contributed by atoms with Gasteiger partial charge in [-0.25, -0.2) is 19.6 Å². The molecule has 35 heteroatoms. The van der Waals surface area contributed by atoms with Crippen molar-refractivity contribution in [3.05, 3.63) is 153 Å². The minimum atomic E-state index is -1.88. The Hall–Kier alpha value is -11.8. The lowest BCUT2D eigenvalue weighted by molar-refractivity contribution is -0.143. The Kier molecular flexibility index (Phi) is 23.5. The molecule has 0 saturated heterocycles. The Bertz CT molecular complexity index is 4840. The summed E-state index contributed by atoms with van der Waals surface area (Å²) < 4.78 is 0. The molecule has 1 aliphatic heterocycles. The summed E-state index contributed by atoms with van der Waals surface area (Å²) in [5.41, 5.74) is 16.0. The highest BCUT2D eigenvalue weighted by Gasteiger charge is 2.36. The van der Waals surface area contributed by atoms with Gasteiger partial charge in [0, 0.05) is 106 Å². The van der Waals surface area contributed by atoms with Gasteiger partial charge in [0.2, 0.25) is 29.6 Å². The third-order valence-electron chi connectivity index (χ3n) is 16.4. The molecule has 0 bridgehead atoms. The van der Waals surface area contributed by atoms with E-state index in [0.29, 0.717) is 68.1 Å². The first kappa shape index (κ1) is 73.0. The first-order chi connectivity index (χ1) is 48.9. The first-order valence-corrected chi connectivity index (χ1v) is 34.7. The van der Waals surface area contributed by atoms with Gasteiger partial charge in [-0.2, -0.15) is 4.98 Å². The number of aromatic nitrogens is 6. The summed E-state index contributed by atoms with van der Waals surface area (Å²) in [6.45, 7) is 0.472. The summed E-state index contributed by atoms with van der Waals surface area (Å²) in [5.74, 6) is -9.85. The quantitative estimate of drug-likeness (QED) is 0.00656. The average molecular weight is 1450 g/mol. The lowest BCUT2D eigenvalue weighted by atomic mass is 9.95. The van der Waals surface area contributed by atoms with Gasteiger partial charge in [-0.05, 0) is 103 Å². The molecule has 102 heavy (non-hydrogen) atoms. The van der Waals surface area contributed by atoms with Crippen LogP contribution in [-0.4, -0.2) is 170 Å². The Balaban J connectivity index is 0.667. The fourth-order valence-corrected chi connectivity index (χ4v) is 13.8. The number of hydrogen-bond donors (Lipinski definition) is 17. The molecule has 32 nitrogen and oxygen atoms in total. The Labute approximate surface area is 590 Å². The van der Waals surface area contributed by atoms with Gasteiger partial charge in [0.05, 0.1) is 36.2 Å². The zero-order valence-electron chi connectivity index (χ0n) is 53.9. The van der Waals surface area contributed by atoms with Crippen molar-refractivity contribution in [2.45, 2.75) is 81.6 Å². The number of nitrogen functional groups attached to an aromatic ring is 1. The van der Waals surface area contributed by atoms with Crippen LogP contribution in [0.15, 0.2) is 114 Å². The molecule has 1 aliphatic rings. The standard InChI is InChI=1S/C67H68ClN17O15S2/c68-27-36-30-85(50-26-51(86)40-4-1-2-5-41(40)56(36)50)63(96)48-24-34-20-32(7-13-42(34)78-48)21-52(87)46-23-35-22-38(12-14-43(35)77-46)75-54(89)17-19-101-102-31-49(65(99)100)82-61(94)47(25-55(90)91)81-60(93)44(6-3-18-72-66(69)70)79-53(88)16-15-45(64(97)98)80-59(92)33-8-10-37(11-9-33)73-28-39-29-74-58-57(76-39)62(95)84-67(71)83-58/h1-2,4-5,7-14,20,22-24,26,29,36,44-45,47,49,73,77-78,86H,3,6,15-19,21,25,27-28,30-31H2,(H,75,89)(H,79,88)(H,80,92)(H,81,93)(H,82,94)(H,90,91)(H,97,98)(H,99,100)(H4,69,70,72)(H3,71,74,83,84,95)/t36?,44-,45-,47-,49?/m1/s1. The van der Waals surface area contributed by atoms with Crippen molar-refractivity contribution in [1.29, 1.82) is 5.41 Å². The van der Waals surface area contributed by atoms with E-state index >= 15 is 0 Å². The summed E-state index contributed by atoms with van der Waals surface area (Å²) in [4.78, 5) is 166. The number of aromatic hydroxyl groups is 1.